The zero-order chi connectivity index (χ0) is 11.5. The molecular formula is C14H22O. The zero-order valence-corrected chi connectivity index (χ0v) is 10.2. The summed E-state index contributed by atoms with van der Waals surface area (Å²) in [7, 11) is 0. The number of rotatable bonds is 3. The van der Waals surface area contributed by atoms with Crippen molar-refractivity contribution < 1.29 is 5.11 Å². The SMILES string of the molecule is CC(CC(O)=C1C=CC=C1)CC(C)(C)C. The lowest BCUT2D eigenvalue weighted by Gasteiger charge is -2.23. The number of hydrogen-bond donors (Lipinski definition) is 1. The normalized spacial score (nSPS) is 17.2. The van der Waals surface area contributed by atoms with Crippen LogP contribution in [0.15, 0.2) is 35.6 Å². The summed E-state index contributed by atoms with van der Waals surface area (Å²) in [6.45, 7) is 8.92. The van der Waals surface area contributed by atoms with Gasteiger partial charge in [0.25, 0.3) is 0 Å². The largest absolute Gasteiger partial charge is 0.512 e. The summed E-state index contributed by atoms with van der Waals surface area (Å²) in [6, 6.07) is 0. The Morgan fingerprint density at radius 3 is 2.27 bits per heavy atom. The lowest BCUT2D eigenvalue weighted by Crippen LogP contribution is -2.11. The van der Waals surface area contributed by atoms with Gasteiger partial charge < -0.3 is 5.11 Å². The molecule has 1 unspecified atom stereocenters. The van der Waals surface area contributed by atoms with Gasteiger partial charge >= 0.3 is 0 Å². The van der Waals surface area contributed by atoms with Crippen LogP contribution >= 0.6 is 0 Å². The molecule has 0 heterocycles. The Kier molecular flexibility index (Phi) is 3.78. The minimum Gasteiger partial charge on any atom is -0.512 e. The lowest BCUT2D eigenvalue weighted by molar-refractivity contribution is 0.276. The molecule has 0 radical (unpaired) electrons. The van der Waals surface area contributed by atoms with Crippen molar-refractivity contribution in [3.8, 4) is 0 Å². The Labute approximate surface area is 93.2 Å². The van der Waals surface area contributed by atoms with Crippen LogP contribution in [0.2, 0.25) is 0 Å². The number of aliphatic hydroxyl groups excluding tert-OH is 1. The summed E-state index contributed by atoms with van der Waals surface area (Å²) in [5.41, 5.74) is 1.31. The van der Waals surface area contributed by atoms with Crippen LogP contribution in [0.25, 0.3) is 0 Å². The predicted molar refractivity (Wildman–Crippen MR) is 65.8 cm³/mol. The molecule has 0 aromatic heterocycles. The zero-order valence-electron chi connectivity index (χ0n) is 10.2. The molecule has 1 nitrogen and oxygen atoms in total. The average Bonchev–Trinajstić information content (AvgIpc) is 2.50. The highest BCUT2D eigenvalue weighted by Gasteiger charge is 2.17. The molecule has 1 aliphatic carbocycles. The van der Waals surface area contributed by atoms with E-state index in [0.717, 1.165) is 18.4 Å². The summed E-state index contributed by atoms with van der Waals surface area (Å²) in [4.78, 5) is 0. The topological polar surface area (TPSA) is 20.2 Å². The second-order valence-corrected chi connectivity index (χ2v) is 5.69. The van der Waals surface area contributed by atoms with Gasteiger partial charge in [-0.15, -0.1) is 0 Å². The second kappa shape index (κ2) is 4.69. The van der Waals surface area contributed by atoms with Gasteiger partial charge in [-0.1, -0.05) is 52.0 Å². The van der Waals surface area contributed by atoms with Gasteiger partial charge in [0, 0.05) is 12.0 Å². The third-order valence-corrected chi connectivity index (χ3v) is 2.50. The van der Waals surface area contributed by atoms with E-state index in [-0.39, 0.29) is 0 Å². The number of allylic oxidation sites excluding steroid dienone is 6. The Bertz CT molecular complexity index is 286. The van der Waals surface area contributed by atoms with Gasteiger partial charge in [0.2, 0.25) is 0 Å². The molecule has 0 aromatic carbocycles. The third kappa shape index (κ3) is 4.37. The van der Waals surface area contributed by atoms with Crippen molar-refractivity contribution in [2.75, 3.05) is 0 Å². The maximum atomic E-state index is 9.89. The van der Waals surface area contributed by atoms with E-state index in [2.05, 4.69) is 27.7 Å². The first-order valence-electron chi connectivity index (χ1n) is 5.65. The molecular weight excluding hydrogens is 184 g/mol. The highest BCUT2D eigenvalue weighted by atomic mass is 16.3. The van der Waals surface area contributed by atoms with E-state index in [1.54, 1.807) is 0 Å². The van der Waals surface area contributed by atoms with E-state index in [0.29, 0.717) is 17.1 Å². The summed E-state index contributed by atoms with van der Waals surface area (Å²) in [5, 5.41) is 9.89. The van der Waals surface area contributed by atoms with Crippen LogP contribution in [0.1, 0.15) is 40.5 Å². The fourth-order valence-electron chi connectivity index (χ4n) is 2.13. The Morgan fingerprint density at radius 1 is 1.27 bits per heavy atom. The third-order valence-electron chi connectivity index (χ3n) is 2.50. The van der Waals surface area contributed by atoms with Gasteiger partial charge in [0.1, 0.15) is 0 Å². The molecule has 0 saturated carbocycles. The van der Waals surface area contributed by atoms with E-state index in [4.69, 9.17) is 0 Å². The molecule has 1 N–H and O–H groups in total. The molecule has 0 spiro atoms. The summed E-state index contributed by atoms with van der Waals surface area (Å²) in [5.74, 6) is 1.05. The van der Waals surface area contributed by atoms with Gasteiger partial charge in [0.15, 0.2) is 0 Å². The monoisotopic (exact) mass is 206 g/mol. The van der Waals surface area contributed by atoms with Crippen molar-refractivity contribution in [2.24, 2.45) is 11.3 Å². The van der Waals surface area contributed by atoms with Crippen molar-refractivity contribution >= 4 is 0 Å². The lowest BCUT2D eigenvalue weighted by atomic mass is 9.83. The molecule has 0 amide bonds. The van der Waals surface area contributed by atoms with Gasteiger partial charge in [-0.25, -0.2) is 0 Å². The Morgan fingerprint density at radius 2 is 1.80 bits per heavy atom. The molecule has 84 valence electrons. The predicted octanol–water partition coefficient (Wildman–Crippen LogP) is 4.39. The Balaban J connectivity index is 2.52. The minimum absolute atomic E-state index is 0.339. The van der Waals surface area contributed by atoms with Crippen molar-refractivity contribution in [2.45, 2.75) is 40.5 Å². The highest BCUT2D eigenvalue weighted by Crippen LogP contribution is 2.28. The van der Waals surface area contributed by atoms with E-state index in [1.165, 1.54) is 0 Å². The number of aliphatic hydroxyl groups is 1. The van der Waals surface area contributed by atoms with Gasteiger partial charge in [-0.3, -0.25) is 0 Å². The number of hydrogen-bond acceptors (Lipinski definition) is 1. The van der Waals surface area contributed by atoms with Crippen LogP contribution in [0.5, 0.6) is 0 Å². The first kappa shape index (κ1) is 12.1. The minimum atomic E-state index is 0.339. The fourth-order valence-corrected chi connectivity index (χ4v) is 2.13. The first-order chi connectivity index (χ1) is 6.88. The van der Waals surface area contributed by atoms with Crippen molar-refractivity contribution in [3.05, 3.63) is 35.6 Å². The van der Waals surface area contributed by atoms with Crippen LogP contribution in [0.4, 0.5) is 0 Å². The van der Waals surface area contributed by atoms with Crippen LogP contribution in [0.3, 0.4) is 0 Å². The van der Waals surface area contributed by atoms with E-state index in [1.807, 2.05) is 24.3 Å². The second-order valence-electron chi connectivity index (χ2n) is 5.69. The highest BCUT2D eigenvalue weighted by molar-refractivity contribution is 5.41. The molecule has 0 aliphatic heterocycles. The van der Waals surface area contributed by atoms with Crippen LogP contribution in [-0.4, -0.2) is 5.11 Å². The van der Waals surface area contributed by atoms with Gasteiger partial charge in [-0.05, 0) is 17.8 Å². The summed E-state index contributed by atoms with van der Waals surface area (Å²) >= 11 is 0. The molecule has 0 bridgehead atoms. The molecule has 15 heavy (non-hydrogen) atoms. The van der Waals surface area contributed by atoms with E-state index >= 15 is 0 Å². The standard InChI is InChI=1S/C14H22O/c1-11(10-14(2,3)4)9-13(15)12-7-5-6-8-12/h5-8,11,15H,9-10H2,1-4H3. The van der Waals surface area contributed by atoms with Crippen molar-refractivity contribution in [3.63, 3.8) is 0 Å². The van der Waals surface area contributed by atoms with Crippen LogP contribution in [-0.2, 0) is 0 Å². The first-order valence-corrected chi connectivity index (χ1v) is 5.65. The molecule has 1 heteroatoms. The molecule has 0 aromatic rings. The van der Waals surface area contributed by atoms with E-state index < -0.39 is 0 Å². The van der Waals surface area contributed by atoms with Crippen LogP contribution in [0, 0.1) is 11.3 Å². The molecule has 1 aliphatic rings. The van der Waals surface area contributed by atoms with Crippen LogP contribution < -0.4 is 0 Å². The Hall–Kier alpha value is -0.980. The maximum absolute atomic E-state index is 9.89. The molecule has 1 rings (SSSR count). The van der Waals surface area contributed by atoms with Crippen molar-refractivity contribution in [1.29, 1.82) is 0 Å². The van der Waals surface area contributed by atoms with Crippen molar-refractivity contribution in [1.82, 2.24) is 0 Å². The smallest absolute Gasteiger partial charge is 0.0997 e. The molecule has 0 fully saturated rings. The molecule has 1 atom stereocenters. The maximum Gasteiger partial charge on any atom is 0.0997 e. The fraction of sp³-hybridized carbons (Fsp3) is 0.571. The quantitative estimate of drug-likeness (QED) is 0.679. The van der Waals surface area contributed by atoms with Gasteiger partial charge in [0.05, 0.1) is 5.76 Å². The van der Waals surface area contributed by atoms with Gasteiger partial charge in [-0.2, -0.15) is 0 Å². The summed E-state index contributed by atoms with van der Waals surface area (Å²) < 4.78 is 0. The summed E-state index contributed by atoms with van der Waals surface area (Å²) in [6.07, 6.45) is 9.75. The van der Waals surface area contributed by atoms with E-state index in [9.17, 15) is 5.11 Å². The average molecular weight is 206 g/mol. The molecule has 0 saturated heterocycles.